The minimum absolute atomic E-state index is 0.205. The van der Waals surface area contributed by atoms with Crippen LogP contribution < -0.4 is 5.32 Å². The molecule has 1 aliphatic heterocycles. The number of benzene rings is 1. The van der Waals surface area contributed by atoms with Crippen molar-refractivity contribution in [3.05, 3.63) is 34.9 Å². The van der Waals surface area contributed by atoms with Gasteiger partial charge in [-0.15, -0.1) is 0 Å². The first-order chi connectivity index (χ1) is 6.31. The molecule has 0 aliphatic carbocycles. The summed E-state index contributed by atoms with van der Waals surface area (Å²) in [4.78, 5) is 11.5. The number of rotatable bonds is 1. The van der Waals surface area contributed by atoms with Crippen LogP contribution in [0.3, 0.4) is 0 Å². The smallest absolute Gasteiger partial charge is 0.278 e. The zero-order valence-electron chi connectivity index (χ0n) is 7.84. The van der Waals surface area contributed by atoms with Crippen molar-refractivity contribution in [2.45, 2.75) is 19.8 Å². The summed E-state index contributed by atoms with van der Waals surface area (Å²) in [5, 5.41) is 1.79. The van der Waals surface area contributed by atoms with Gasteiger partial charge in [0.2, 0.25) is 0 Å². The predicted octanol–water partition coefficient (Wildman–Crippen LogP) is 0.509. The van der Waals surface area contributed by atoms with E-state index in [-0.39, 0.29) is 5.91 Å². The van der Waals surface area contributed by atoms with E-state index in [1.54, 1.807) is 5.32 Å². The van der Waals surface area contributed by atoms with E-state index in [4.69, 9.17) is 0 Å². The standard InChI is InChI=1S/C11H13NO/c1-2-8-3-4-9-5-6-12-11(13)10(9)7-8/h3-4,7H,2,5-6H2,1H3,(H,12,13)/p+1. The van der Waals surface area contributed by atoms with E-state index in [2.05, 4.69) is 19.1 Å². The molecule has 0 atom stereocenters. The maximum absolute atomic E-state index is 11.5. The lowest BCUT2D eigenvalue weighted by Gasteiger charge is -2.12. The quantitative estimate of drug-likeness (QED) is 0.664. The van der Waals surface area contributed by atoms with Crippen LogP contribution in [0.1, 0.15) is 28.4 Å². The zero-order chi connectivity index (χ0) is 9.26. The fourth-order valence-corrected chi connectivity index (χ4v) is 1.76. The molecule has 0 unspecified atom stereocenters. The molecule has 0 saturated heterocycles. The molecule has 0 bridgehead atoms. The Balaban J connectivity index is 2.47. The highest BCUT2D eigenvalue weighted by Gasteiger charge is 2.20. The Bertz CT molecular complexity index is 344. The van der Waals surface area contributed by atoms with E-state index in [0.717, 1.165) is 24.9 Å². The molecule has 0 aromatic heterocycles. The molecule has 1 aromatic rings. The summed E-state index contributed by atoms with van der Waals surface area (Å²) in [6.45, 7) is 3.01. The van der Waals surface area contributed by atoms with Crippen LogP contribution in [0, 0.1) is 0 Å². The Hall–Kier alpha value is -1.15. The molecule has 0 radical (unpaired) electrons. The van der Waals surface area contributed by atoms with Crippen LogP contribution in [0.5, 0.6) is 0 Å². The first-order valence-electron chi connectivity index (χ1n) is 4.80. The third-order valence-corrected chi connectivity index (χ3v) is 2.59. The number of quaternary nitrogens is 1. The zero-order valence-corrected chi connectivity index (χ0v) is 7.84. The van der Waals surface area contributed by atoms with Gasteiger partial charge in [-0.05, 0) is 23.6 Å². The summed E-state index contributed by atoms with van der Waals surface area (Å²) in [6, 6.07) is 6.25. The van der Waals surface area contributed by atoms with Gasteiger partial charge >= 0.3 is 5.91 Å². The summed E-state index contributed by atoms with van der Waals surface area (Å²) in [7, 11) is 0. The highest BCUT2D eigenvalue weighted by molar-refractivity contribution is 5.89. The molecule has 1 aromatic carbocycles. The van der Waals surface area contributed by atoms with Crippen molar-refractivity contribution in [3.63, 3.8) is 0 Å². The molecule has 2 N–H and O–H groups in total. The van der Waals surface area contributed by atoms with Gasteiger partial charge in [0.15, 0.2) is 0 Å². The fraction of sp³-hybridized carbons (Fsp3) is 0.364. The van der Waals surface area contributed by atoms with E-state index in [1.165, 1.54) is 11.1 Å². The maximum atomic E-state index is 11.5. The number of hydrogen-bond acceptors (Lipinski definition) is 1. The average Bonchev–Trinajstić information content (AvgIpc) is 2.18. The van der Waals surface area contributed by atoms with Crippen molar-refractivity contribution in [1.82, 2.24) is 0 Å². The van der Waals surface area contributed by atoms with E-state index in [0.29, 0.717) is 0 Å². The number of primary amides is 1. The lowest BCUT2D eigenvalue weighted by Crippen LogP contribution is -2.89. The summed E-state index contributed by atoms with van der Waals surface area (Å²) < 4.78 is 0. The van der Waals surface area contributed by atoms with Gasteiger partial charge in [-0.2, -0.15) is 0 Å². The summed E-state index contributed by atoms with van der Waals surface area (Å²) in [5.74, 6) is 0.205. The van der Waals surface area contributed by atoms with E-state index < -0.39 is 0 Å². The molecule has 1 heterocycles. The van der Waals surface area contributed by atoms with Crippen LogP contribution in [0.25, 0.3) is 0 Å². The average molecular weight is 176 g/mol. The monoisotopic (exact) mass is 176 g/mol. The SMILES string of the molecule is CCc1ccc2c(c1)C(=O)[NH2+]CC2. The van der Waals surface area contributed by atoms with Gasteiger partial charge in [-0.3, -0.25) is 5.32 Å². The number of amides is 1. The van der Waals surface area contributed by atoms with Crippen LogP contribution in [0.4, 0.5) is 0 Å². The van der Waals surface area contributed by atoms with Crippen LogP contribution in [0.15, 0.2) is 18.2 Å². The van der Waals surface area contributed by atoms with Gasteiger partial charge < -0.3 is 0 Å². The third-order valence-electron chi connectivity index (χ3n) is 2.59. The molecule has 0 spiro atoms. The number of nitrogens with two attached hydrogens (primary N) is 1. The molecule has 2 rings (SSSR count). The van der Waals surface area contributed by atoms with E-state index in [1.807, 2.05) is 6.07 Å². The summed E-state index contributed by atoms with van der Waals surface area (Å²) in [6.07, 6.45) is 2.02. The van der Waals surface area contributed by atoms with Gasteiger partial charge in [0.1, 0.15) is 0 Å². The summed E-state index contributed by atoms with van der Waals surface area (Å²) in [5.41, 5.74) is 3.39. The first-order valence-corrected chi connectivity index (χ1v) is 4.80. The number of carbonyl (C=O) groups is 1. The Kier molecular flexibility index (Phi) is 2.15. The Morgan fingerprint density at radius 2 is 2.31 bits per heavy atom. The second kappa shape index (κ2) is 3.30. The van der Waals surface area contributed by atoms with Gasteiger partial charge in [-0.25, -0.2) is 4.79 Å². The topological polar surface area (TPSA) is 33.7 Å². The Labute approximate surface area is 78.0 Å². The number of carbonyl (C=O) groups excluding carboxylic acids is 1. The maximum Gasteiger partial charge on any atom is 0.342 e. The Morgan fingerprint density at radius 3 is 3.08 bits per heavy atom. The molecular weight excluding hydrogens is 162 g/mol. The highest BCUT2D eigenvalue weighted by atomic mass is 16.1. The van der Waals surface area contributed by atoms with Crippen molar-refractivity contribution >= 4 is 5.91 Å². The van der Waals surface area contributed by atoms with Gasteiger partial charge in [0.05, 0.1) is 12.1 Å². The number of fused-ring (bicyclic) bond motifs is 1. The molecular formula is C11H14NO+. The minimum atomic E-state index is 0.205. The minimum Gasteiger partial charge on any atom is -0.278 e. The second-order valence-electron chi connectivity index (χ2n) is 3.45. The molecule has 0 fully saturated rings. The first kappa shape index (κ1) is 8.45. The van der Waals surface area contributed by atoms with Crippen molar-refractivity contribution in [1.29, 1.82) is 0 Å². The van der Waals surface area contributed by atoms with Crippen LogP contribution in [-0.4, -0.2) is 12.5 Å². The van der Waals surface area contributed by atoms with Gasteiger partial charge in [0.25, 0.3) is 0 Å². The third kappa shape index (κ3) is 1.49. The molecule has 2 nitrogen and oxygen atoms in total. The Morgan fingerprint density at radius 1 is 1.46 bits per heavy atom. The number of aryl methyl sites for hydroxylation is 1. The van der Waals surface area contributed by atoms with Crippen LogP contribution in [0.2, 0.25) is 0 Å². The van der Waals surface area contributed by atoms with Crippen molar-refractivity contribution in [3.8, 4) is 0 Å². The van der Waals surface area contributed by atoms with Gasteiger partial charge in [-0.1, -0.05) is 19.1 Å². The highest BCUT2D eigenvalue weighted by Crippen LogP contribution is 2.13. The van der Waals surface area contributed by atoms with Crippen LogP contribution in [-0.2, 0) is 12.8 Å². The molecule has 13 heavy (non-hydrogen) atoms. The summed E-state index contributed by atoms with van der Waals surface area (Å²) >= 11 is 0. The van der Waals surface area contributed by atoms with Crippen molar-refractivity contribution < 1.29 is 10.1 Å². The van der Waals surface area contributed by atoms with Gasteiger partial charge in [0, 0.05) is 6.42 Å². The van der Waals surface area contributed by atoms with E-state index in [9.17, 15) is 4.79 Å². The molecule has 68 valence electrons. The predicted molar refractivity (Wildman–Crippen MR) is 50.6 cm³/mol. The number of hydrogen-bond donors (Lipinski definition) is 1. The van der Waals surface area contributed by atoms with Crippen LogP contribution >= 0.6 is 0 Å². The molecule has 1 amide bonds. The lowest BCUT2D eigenvalue weighted by atomic mass is 9.97. The molecule has 1 aliphatic rings. The van der Waals surface area contributed by atoms with Crippen molar-refractivity contribution in [2.75, 3.05) is 6.54 Å². The molecule has 2 heteroatoms. The van der Waals surface area contributed by atoms with Crippen molar-refractivity contribution in [2.24, 2.45) is 0 Å². The second-order valence-corrected chi connectivity index (χ2v) is 3.45. The normalized spacial score (nSPS) is 15.6. The van der Waals surface area contributed by atoms with E-state index >= 15 is 0 Å². The largest absolute Gasteiger partial charge is 0.342 e. The lowest BCUT2D eigenvalue weighted by molar-refractivity contribution is -0.556. The fourth-order valence-electron chi connectivity index (χ4n) is 1.76. The molecule has 0 saturated carbocycles.